The molecule has 0 heteroatoms. The maximum Gasteiger partial charge on any atom is -0.0417 e. The van der Waals surface area contributed by atoms with Crippen molar-refractivity contribution in [2.75, 3.05) is 0 Å². The highest BCUT2D eigenvalue weighted by Crippen LogP contribution is 2.24. The molecular formula is C19H40. The Morgan fingerprint density at radius 2 is 0.842 bits per heavy atom. The third-order valence-corrected chi connectivity index (χ3v) is 4.81. The summed E-state index contributed by atoms with van der Waals surface area (Å²) in [5, 5.41) is 0. The van der Waals surface area contributed by atoms with Gasteiger partial charge in [0.2, 0.25) is 0 Å². The molecule has 0 heterocycles. The molecule has 0 fully saturated rings. The first-order chi connectivity index (χ1) is 9.28. The first-order valence-electron chi connectivity index (χ1n) is 9.28. The first kappa shape index (κ1) is 19.0. The second-order valence-electron chi connectivity index (χ2n) is 6.47. The van der Waals surface area contributed by atoms with Crippen LogP contribution in [-0.2, 0) is 0 Å². The van der Waals surface area contributed by atoms with Gasteiger partial charge in [0, 0.05) is 0 Å². The SMILES string of the molecule is CCCCCC(CC)CCCC(CC)CCCCC. The molecule has 0 aromatic heterocycles. The van der Waals surface area contributed by atoms with Gasteiger partial charge in [0.25, 0.3) is 0 Å². The van der Waals surface area contributed by atoms with Crippen LogP contribution in [0.2, 0.25) is 0 Å². The Hall–Kier alpha value is 0. The van der Waals surface area contributed by atoms with Gasteiger partial charge in [0.15, 0.2) is 0 Å². The summed E-state index contributed by atoms with van der Waals surface area (Å²) < 4.78 is 0. The zero-order chi connectivity index (χ0) is 14.3. The molecule has 2 atom stereocenters. The highest BCUT2D eigenvalue weighted by atomic mass is 14.2. The van der Waals surface area contributed by atoms with E-state index in [2.05, 4.69) is 27.7 Å². The van der Waals surface area contributed by atoms with Crippen LogP contribution in [0.1, 0.15) is 111 Å². The van der Waals surface area contributed by atoms with E-state index in [0.29, 0.717) is 0 Å². The van der Waals surface area contributed by atoms with E-state index in [1.807, 2.05) is 0 Å². The lowest BCUT2D eigenvalue weighted by Gasteiger charge is -2.18. The molecule has 0 spiro atoms. The average Bonchev–Trinajstić information content (AvgIpc) is 2.44. The summed E-state index contributed by atoms with van der Waals surface area (Å²) in [6, 6.07) is 0. The summed E-state index contributed by atoms with van der Waals surface area (Å²) in [5.74, 6) is 2.03. The number of rotatable bonds is 14. The molecular weight excluding hydrogens is 228 g/mol. The molecule has 0 radical (unpaired) electrons. The van der Waals surface area contributed by atoms with E-state index < -0.39 is 0 Å². The summed E-state index contributed by atoms with van der Waals surface area (Å²) in [5.41, 5.74) is 0. The van der Waals surface area contributed by atoms with Crippen LogP contribution in [-0.4, -0.2) is 0 Å². The average molecular weight is 269 g/mol. The van der Waals surface area contributed by atoms with Gasteiger partial charge in [-0.3, -0.25) is 0 Å². The van der Waals surface area contributed by atoms with Gasteiger partial charge in [-0.05, 0) is 11.8 Å². The van der Waals surface area contributed by atoms with Crippen LogP contribution in [0, 0.1) is 11.8 Å². The van der Waals surface area contributed by atoms with Crippen molar-refractivity contribution in [1.29, 1.82) is 0 Å². The van der Waals surface area contributed by atoms with Gasteiger partial charge >= 0.3 is 0 Å². The third-order valence-electron chi connectivity index (χ3n) is 4.81. The van der Waals surface area contributed by atoms with Crippen molar-refractivity contribution < 1.29 is 0 Å². The van der Waals surface area contributed by atoms with Gasteiger partial charge in [-0.15, -0.1) is 0 Å². The van der Waals surface area contributed by atoms with Crippen LogP contribution < -0.4 is 0 Å². The molecule has 0 bridgehead atoms. The fourth-order valence-corrected chi connectivity index (χ4v) is 3.17. The van der Waals surface area contributed by atoms with Crippen LogP contribution in [0.15, 0.2) is 0 Å². The van der Waals surface area contributed by atoms with Crippen LogP contribution in [0.5, 0.6) is 0 Å². The van der Waals surface area contributed by atoms with Gasteiger partial charge in [-0.1, -0.05) is 111 Å². The lowest BCUT2D eigenvalue weighted by molar-refractivity contribution is 0.352. The fourth-order valence-electron chi connectivity index (χ4n) is 3.17. The summed E-state index contributed by atoms with van der Waals surface area (Å²) in [7, 11) is 0. The molecule has 0 saturated heterocycles. The summed E-state index contributed by atoms with van der Waals surface area (Å²) in [6.07, 6.45) is 18.8. The molecule has 0 aliphatic heterocycles. The molecule has 0 aromatic rings. The molecule has 2 unspecified atom stereocenters. The van der Waals surface area contributed by atoms with E-state index in [9.17, 15) is 0 Å². The van der Waals surface area contributed by atoms with Crippen LogP contribution >= 0.6 is 0 Å². The van der Waals surface area contributed by atoms with Crippen LogP contribution in [0.4, 0.5) is 0 Å². The molecule has 0 N–H and O–H groups in total. The molecule has 0 aliphatic carbocycles. The maximum atomic E-state index is 2.38. The van der Waals surface area contributed by atoms with Crippen molar-refractivity contribution in [2.24, 2.45) is 11.8 Å². The van der Waals surface area contributed by atoms with Crippen molar-refractivity contribution >= 4 is 0 Å². The van der Waals surface area contributed by atoms with E-state index in [0.717, 1.165) is 11.8 Å². The van der Waals surface area contributed by atoms with Crippen molar-refractivity contribution in [2.45, 2.75) is 111 Å². The van der Waals surface area contributed by atoms with Crippen molar-refractivity contribution in [1.82, 2.24) is 0 Å². The lowest BCUT2D eigenvalue weighted by Crippen LogP contribution is -2.03. The van der Waals surface area contributed by atoms with Crippen molar-refractivity contribution in [3.05, 3.63) is 0 Å². The molecule has 0 saturated carbocycles. The standard InChI is InChI=1S/C19H40/c1-5-9-11-14-18(7-3)16-13-17-19(8-4)15-12-10-6-2/h18-19H,5-17H2,1-4H3. The molecule has 0 nitrogen and oxygen atoms in total. The zero-order valence-electron chi connectivity index (χ0n) is 14.3. The van der Waals surface area contributed by atoms with Crippen molar-refractivity contribution in [3.8, 4) is 0 Å². The van der Waals surface area contributed by atoms with E-state index in [-0.39, 0.29) is 0 Å². The third kappa shape index (κ3) is 11.5. The molecule has 19 heavy (non-hydrogen) atoms. The highest BCUT2D eigenvalue weighted by Gasteiger charge is 2.09. The number of hydrogen-bond acceptors (Lipinski definition) is 0. The normalized spacial score (nSPS) is 14.5. The predicted octanol–water partition coefficient (Wildman–Crippen LogP) is 7.37. The molecule has 0 aromatic carbocycles. The number of hydrogen-bond donors (Lipinski definition) is 0. The van der Waals surface area contributed by atoms with Gasteiger partial charge < -0.3 is 0 Å². The Morgan fingerprint density at radius 3 is 1.16 bits per heavy atom. The first-order valence-corrected chi connectivity index (χ1v) is 9.28. The minimum atomic E-state index is 1.01. The van der Waals surface area contributed by atoms with Crippen molar-refractivity contribution in [3.63, 3.8) is 0 Å². The zero-order valence-corrected chi connectivity index (χ0v) is 14.3. The number of unbranched alkanes of at least 4 members (excludes halogenated alkanes) is 4. The minimum absolute atomic E-state index is 1.01. The van der Waals surface area contributed by atoms with E-state index in [4.69, 9.17) is 0 Å². The molecule has 0 rings (SSSR count). The largest absolute Gasteiger partial charge is 0.0654 e. The fraction of sp³-hybridized carbons (Fsp3) is 1.00. The maximum absolute atomic E-state index is 2.38. The van der Waals surface area contributed by atoms with E-state index >= 15 is 0 Å². The summed E-state index contributed by atoms with van der Waals surface area (Å²) in [6.45, 7) is 9.39. The monoisotopic (exact) mass is 268 g/mol. The Bertz CT molecular complexity index is 143. The highest BCUT2D eigenvalue weighted by molar-refractivity contribution is 4.62. The summed E-state index contributed by atoms with van der Waals surface area (Å²) in [4.78, 5) is 0. The van der Waals surface area contributed by atoms with Gasteiger partial charge in [0.05, 0.1) is 0 Å². The van der Waals surface area contributed by atoms with Crippen LogP contribution in [0.3, 0.4) is 0 Å². The summed E-state index contributed by atoms with van der Waals surface area (Å²) >= 11 is 0. The molecule has 0 aliphatic rings. The Labute approximate surface area is 123 Å². The van der Waals surface area contributed by atoms with Gasteiger partial charge in [0.1, 0.15) is 0 Å². The van der Waals surface area contributed by atoms with E-state index in [1.54, 1.807) is 0 Å². The quantitative estimate of drug-likeness (QED) is 0.288. The van der Waals surface area contributed by atoms with Crippen LogP contribution in [0.25, 0.3) is 0 Å². The van der Waals surface area contributed by atoms with E-state index in [1.165, 1.54) is 83.5 Å². The second-order valence-corrected chi connectivity index (χ2v) is 6.47. The Kier molecular flexibility index (Phi) is 14.4. The minimum Gasteiger partial charge on any atom is -0.0654 e. The van der Waals surface area contributed by atoms with Gasteiger partial charge in [-0.2, -0.15) is 0 Å². The molecule has 0 amide bonds. The smallest absolute Gasteiger partial charge is 0.0417 e. The molecule has 116 valence electrons. The Balaban J connectivity index is 3.64. The lowest BCUT2D eigenvalue weighted by atomic mass is 9.88. The second kappa shape index (κ2) is 14.4. The predicted molar refractivity (Wildman–Crippen MR) is 89.7 cm³/mol. The Morgan fingerprint density at radius 1 is 0.474 bits per heavy atom. The topological polar surface area (TPSA) is 0 Å². The van der Waals surface area contributed by atoms with Gasteiger partial charge in [-0.25, -0.2) is 0 Å².